The zero-order chi connectivity index (χ0) is 20.1. The van der Waals surface area contributed by atoms with Crippen molar-refractivity contribution in [2.24, 2.45) is 10.4 Å². The zero-order valence-electron chi connectivity index (χ0n) is 17.4. The summed E-state index contributed by atoms with van der Waals surface area (Å²) in [5.74, 6) is 1.01. The van der Waals surface area contributed by atoms with E-state index in [9.17, 15) is 4.79 Å². The Kier molecular flexibility index (Phi) is 6.92. The average Bonchev–Trinajstić information content (AvgIpc) is 3.06. The molecule has 1 aromatic rings. The summed E-state index contributed by atoms with van der Waals surface area (Å²) in [5, 5.41) is 9.68. The van der Waals surface area contributed by atoms with Crippen LogP contribution in [0.15, 0.2) is 21.7 Å². The number of methoxy groups -OCH3 is 1. The van der Waals surface area contributed by atoms with Gasteiger partial charge in [-0.15, -0.1) is 0 Å². The number of carbonyl (C=O) groups is 1. The highest BCUT2D eigenvalue weighted by Crippen LogP contribution is 2.51. The standard InChI is InChI=1S/C20H34N4O3/c1-7-21-18(24-15-13-20(5,26-6)19(15,3)4)23-11-8-10-22-17(25)16-14(2)9-12-27-16/h9,12,15H,7-8,10-11,13H2,1-6H3,(H,22,25)(H2,21,23,24). The molecule has 2 atom stereocenters. The second-order valence-corrected chi connectivity index (χ2v) is 7.86. The minimum atomic E-state index is -0.179. The maximum Gasteiger partial charge on any atom is 0.287 e. The zero-order valence-corrected chi connectivity index (χ0v) is 17.4. The lowest BCUT2D eigenvalue weighted by Gasteiger charge is -2.59. The van der Waals surface area contributed by atoms with Gasteiger partial charge in [0.25, 0.3) is 5.91 Å². The molecule has 0 radical (unpaired) electrons. The Morgan fingerprint density at radius 1 is 1.37 bits per heavy atom. The third-order valence-corrected chi connectivity index (χ3v) is 5.89. The average molecular weight is 379 g/mol. The number of hydrogen-bond acceptors (Lipinski definition) is 4. The van der Waals surface area contributed by atoms with Crippen LogP contribution in [0.5, 0.6) is 0 Å². The van der Waals surface area contributed by atoms with E-state index in [4.69, 9.17) is 9.15 Å². The number of ether oxygens (including phenoxy) is 1. The Morgan fingerprint density at radius 2 is 2.11 bits per heavy atom. The van der Waals surface area contributed by atoms with Crippen LogP contribution in [0.3, 0.4) is 0 Å². The van der Waals surface area contributed by atoms with Gasteiger partial charge in [0.2, 0.25) is 0 Å². The van der Waals surface area contributed by atoms with Crippen molar-refractivity contribution in [3.63, 3.8) is 0 Å². The minimum absolute atomic E-state index is 0.0207. The van der Waals surface area contributed by atoms with Crippen molar-refractivity contribution in [3.05, 3.63) is 23.7 Å². The molecular weight excluding hydrogens is 344 g/mol. The molecular formula is C20H34N4O3. The monoisotopic (exact) mass is 378 g/mol. The first kappa shape index (κ1) is 21.3. The van der Waals surface area contributed by atoms with Gasteiger partial charge >= 0.3 is 0 Å². The predicted molar refractivity (Wildman–Crippen MR) is 107 cm³/mol. The van der Waals surface area contributed by atoms with Crippen LogP contribution in [0.2, 0.25) is 0 Å². The lowest BCUT2D eigenvalue weighted by Crippen LogP contribution is -2.69. The first-order chi connectivity index (χ1) is 12.7. The summed E-state index contributed by atoms with van der Waals surface area (Å²) in [6.45, 7) is 12.5. The van der Waals surface area contributed by atoms with Crippen molar-refractivity contribution in [1.29, 1.82) is 0 Å². The Labute approximate surface area is 162 Å². The van der Waals surface area contributed by atoms with Gasteiger partial charge in [-0.3, -0.25) is 9.79 Å². The molecule has 27 heavy (non-hydrogen) atoms. The van der Waals surface area contributed by atoms with Gasteiger partial charge in [0, 0.05) is 43.8 Å². The van der Waals surface area contributed by atoms with Crippen LogP contribution in [-0.4, -0.2) is 50.3 Å². The number of aryl methyl sites for hydroxylation is 1. The highest BCUT2D eigenvalue weighted by Gasteiger charge is 2.58. The number of carbonyl (C=O) groups excluding carboxylic acids is 1. The fourth-order valence-corrected chi connectivity index (χ4v) is 3.37. The van der Waals surface area contributed by atoms with E-state index in [-0.39, 0.29) is 16.9 Å². The number of amides is 1. The molecule has 0 spiro atoms. The maximum absolute atomic E-state index is 12.0. The Bertz CT molecular complexity index is 668. The normalized spacial score (nSPS) is 24.2. The van der Waals surface area contributed by atoms with Gasteiger partial charge in [-0.1, -0.05) is 13.8 Å². The molecule has 1 aromatic heterocycles. The second kappa shape index (κ2) is 8.78. The molecule has 0 aliphatic heterocycles. The Balaban J connectivity index is 1.79. The second-order valence-electron chi connectivity index (χ2n) is 7.86. The van der Waals surface area contributed by atoms with Gasteiger partial charge in [-0.05, 0) is 39.7 Å². The molecule has 0 saturated heterocycles. The van der Waals surface area contributed by atoms with E-state index in [1.165, 1.54) is 6.26 Å². The van der Waals surface area contributed by atoms with E-state index < -0.39 is 0 Å². The highest BCUT2D eigenvalue weighted by atomic mass is 16.5. The van der Waals surface area contributed by atoms with Gasteiger partial charge in [-0.25, -0.2) is 0 Å². The summed E-state index contributed by atoms with van der Waals surface area (Å²) < 4.78 is 10.9. The molecule has 2 rings (SSSR count). The topological polar surface area (TPSA) is 87.9 Å². The van der Waals surface area contributed by atoms with Crippen LogP contribution in [-0.2, 0) is 4.74 Å². The molecule has 0 aromatic carbocycles. The first-order valence-corrected chi connectivity index (χ1v) is 9.67. The largest absolute Gasteiger partial charge is 0.459 e. The summed E-state index contributed by atoms with van der Waals surface area (Å²) in [4.78, 5) is 16.6. The molecule has 3 N–H and O–H groups in total. The molecule has 1 aliphatic carbocycles. The van der Waals surface area contributed by atoms with Crippen LogP contribution >= 0.6 is 0 Å². The van der Waals surface area contributed by atoms with Gasteiger partial charge in [0.1, 0.15) is 0 Å². The third-order valence-electron chi connectivity index (χ3n) is 5.89. The fourth-order valence-electron chi connectivity index (χ4n) is 3.37. The van der Waals surface area contributed by atoms with E-state index >= 15 is 0 Å². The highest BCUT2D eigenvalue weighted by molar-refractivity contribution is 5.92. The van der Waals surface area contributed by atoms with Crippen LogP contribution in [0.1, 0.15) is 56.7 Å². The molecule has 0 bridgehead atoms. The van der Waals surface area contributed by atoms with E-state index in [1.54, 1.807) is 13.2 Å². The maximum atomic E-state index is 12.0. The minimum Gasteiger partial charge on any atom is -0.459 e. The quantitative estimate of drug-likeness (QED) is 0.367. The van der Waals surface area contributed by atoms with Crippen LogP contribution < -0.4 is 16.0 Å². The van der Waals surface area contributed by atoms with Gasteiger partial charge < -0.3 is 25.1 Å². The number of furan rings is 1. The summed E-state index contributed by atoms with van der Waals surface area (Å²) in [6, 6.07) is 2.09. The lowest BCUT2D eigenvalue weighted by molar-refractivity contribution is -0.176. The van der Waals surface area contributed by atoms with Crippen molar-refractivity contribution < 1.29 is 13.9 Å². The Morgan fingerprint density at radius 3 is 2.67 bits per heavy atom. The third kappa shape index (κ3) is 4.64. The van der Waals surface area contributed by atoms with Crippen LogP contribution in [0, 0.1) is 12.3 Å². The van der Waals surface area contributed by atoms with Crippen molar-refractivity contribution in [1.82, 2.24) is 16.0 Å². The summed E-state index contributed by atoms with van der Waals surface area (Å²) in [7, 11) is 1.77. The molecule has 1 aliphatic rings. The SMILES string of the molecule is CCNC(=NCCCNC(=O)c1occc1C)NC1CC(C)(OC)C1(C)C. The molecule has 1 fully saturated rings. The van der Waals surface area contributed by atoms with Crippen molar-refractivity contribution in [3.8, 4) is 0 Å². The number of guanidine groups is 1. The van der Waals surface area contributed by atoms with E-state index in [2.05, 4.69) is 41.7 Å². The number of hydrogen-bond donors (Lipinski definition) is 3. The van der Waals surface area contributed by atoms with Gasteiger partial charge in [-0.2, -0.15) is 0 Å². The molecule has 152 valence electrons. The van der Waals surface area contributed by atoms with Crippen molar-refractivity contribution >= 4 is 11.9 Å². The number of rotatable bonds is 8. The molecule has 1 heterocycles. The van der Waals surface area contributed by atoms with Crippen LogP contribution in [0.25, 0.3) is 0 Å². The fraction of sp³-hybridized carbons (Fsp3) is 0.700. The molecule has 7 heteroatoms. The number of nitrogens with zero attached hydrogens (tertiary/aromatic N) is 1. The smallest absolute Gasteiger partial charge is 0.287 e. The Hall–Kier alpha value is -2.02. The molecule has 7 nitrogen and oxygen atoms in total. The predicted octanol–water partition coefficient (Wildman–Crippen LogP) is 2.47. The number of aliphatic imine (C=N–C) groups is 1. The van der Waals surface area contributed by atoms with Crippen LogP contribution in [0.4, 0.5) is 0 Å². The first-order valence-electron chi connectivity index (χ1n) is 9.67. The van der Waals surface area contributed by atoms with Crippen molar-refractivity contribution in [2.45, 2.75) is 59.1 Å². The number of nitrogens with one attached hydrogen (secondary N) is 3. The van der Waals surface area contributed by atoms with Gasteiger partial charge in [0.05, 0.1) is 11.9 Å². The molecule has 1 amide bonds. The molecule has 2 unspecified atom stereocenters. The van der Waals surface area contributed by atoms with E-state index in [0.29, 0.717) is 24.9 Å². The van der Waals surface area contributed by atoms with Crippen molar-refractivity contribution in [2.75, 3.05) is 26.7 Å². The summed E-state index contributed by atoms with van der Waals surface area (Å²) in [5.41, 5.74) is 0.749. The summed E-state index contributed by atoms with van der Waals surface area (Å²) in [6.07, 6.45) is 3.23. The molecule has 1 saturated carbocycles. The van der Waals surface area contributed by atoms with Gasteiger partial charge in [0.15, 0.2) is 11.7 Å². The van der Waals surface area contributed by atoms with E-state index in [1.807, 2.05) is 13.8 Å². The summed E-state index contributed by atoms with van der Waals surface area (Å²) >= 11 is 0. The van der Waals surface area contributed by atoms with E-state index in [0.717, 1.165) is 30.9 Å². The lowest BCUT2D eigenvalue weighted by atomic mass is 9.56.